The monoisotopic (exact) mass is 483 g/mol. The van der Waals surface area contributed by atoms with Crippen molar-refractivity contribution in [1.82, 2.24) is 9.88 Å². The first-order chi connectivity index (χ1) is 16.2. The molecule has 1 aliphatic rings. The number of furan rings is 1. The van der Waals surface area contributed by atoms with Gasteiger partial charge in [0.25, 0.3) is 5.91 Å². The molecule has 4 heterocycles. The molecule has 9 heteroatoms. The second kappa shape index (κ2) is 10.0. The number of anilines is 1. The van der Waals surface area contributed by atoms with E-state index in [1.807, 2.05) is 47.2 Å². The highest BCUT2D eigenvalue weighted by Crippen LogP contribution is 2.33. The molecule has 7 nitrogen and oxygen atoms in total. The molecule has 0 spiro atoms. The fourth-order valence-corrected chi connectivity index (χ4v) is 5.38. The summed E-state index contributed by atoms with van der Waals surface area (Å²) in [4.78, 5) is 23.0. The Labute approximate surface area is 200 Å². The number of nitrogens with zero attached hydrogens (tertiary/aromatic N) is 3. The molecule has 1 aromatic carbocycles. The molecule has 5 rings (SSSR count). The number of hydrogen-bond donors (Lipinski definition) is 0. The van der Waals surface area contributed by atoms with Crippen molar-refractivity contribution >= 4 is 44.7 Å². The van der Waals surface area contributed by atoms with Crippen LogP contribution in [0.3, 0.4) is 0 Å². The number of methoxy groups -OCH3 is 1. The molecule has 1 aliphatic heterocycles. The summed E-state index contributed by atoms with van der Waals surface area (Å²) in [6.07, 6.45) is 0.871. The lowest BCUT2D eigenvalue weighted by atomic mass is 10.2. The van der Waals surface area contributed by atoms with E-state index < -0.39 is 0 Å². The number of morpholine rings is 1. The zero-order valence-corrected chi connectivity index (χ0v) is 20.0. The maximum absolute atomic E-state index is 13.3. The Bertz CT molecular complexity index is 1210. The third-order valence-corrected chi connectivity index (χ3v) is 7.36. The van der Waals surface area contributed by atoms with Crippen molar-refractivity contribution in [3.05, 3.63) is 52.0 Å². The number of ether oxygens (including phenoxy) is 2. The van der Waals surface area contributed by atoms with E-state index in [2.05, 4.69) is 4.90 Å². The minimum absolute atomic E-state index is 0.0118. The molecule has 33 heavy (non-hydrogen) atoms. The molecule has 1 fully saturated rings. The maximum atomic E-state index is 13.3. The van der Waals surface area contributed by atoms with Crippen LogP contribution in [0.5, 0.6) is 5.75 Å². The first kappa shape index (κ1) is 22.1. The molecule has 1 saturated heterocycles. The maximum Gasteiger partial charge on any atom is 0.270 e. The topological polar surface area (TPSA) is 68.0 Å². The van der Waals surface area contributed by atoms with Gasteiger partial charge in [-0.05, 0) is 42.1 Å². The van der Waals surface area contributed by atoms with E-state index in [1.165, 1.54) is 22.7 Å². The molecule has 172 valence electrons. The highest BCUT2D eigenvalue weighted by Gasteiger charge is 2.23. The minimum Gasteiger partial charge on any atom is -0.497 e. The van der Waals surface area contributed by atoms with Crippen molar-refractivity contribution in [2.75, 3.05) is 51.4 Å². The van der Waals surface area contributed by atoms with Crippen molar-refractivity contribution in [3.8, 4) is 17.2 Å². The predicted molar refractivity (Wildman–Crippen MR) is 132 cm³/mol. The van der Waals surface area contributed by atoms with Crippen LogP contribution < -0.4 is 9.64 Å². The van der Waals surface area contributed by atoms with E-state index >= 15 is 0 Å². The highest BCUT2D eigenvalue weighted by atomic mass is 32.1. The summed E-state index contributed by atoms with van der Waals surface area (Å²) in [7, 11) is 1.65. The van der Waals surface area contributed by atoms with Gasteiger partial charge in [0.15, 0.2) is 10.9 Å². The van der Waals surface area contributed by atoms with Gasteiger partial charge in [-0.1, -0.05) is 6.07 Å². The van der Waals surface area contributed by atoms with Gasteiger partial charge in [-0.2, -0.15) is 0 Å². The first-order valence-electron chi connectivity index (χ1n) is 10.9. The van der Waals surface area contributed by atoms with E-state index in [-0.39, 0.29) is 5.91 Å². The van der Waals surface area contributed by atoms with Crippen LogP contribution >= 0.6 is 22.7 Å². The predicted octanol–water partition coefficient (Wildman–Crippen LogP) is 5.00. The quantitative estimate of drug-likeness (QED) is 0.352. The summed E-state index contributed by atoms with van der Waals surface area (Å²) in [6.45, 7) is 4.97. The van der Waals surface area contributed by atoms with Gasteiger partial charge in [0.05, 0.1) is 25.2 Å². The van der Waals surface area contributed by atoms with Gasteiger partial charge in [0.2, 0.25) is 0 Å². The number of amides is 1. The summed E-state index contributed by atoms with van der Waals surface area (Å²) in [6, 6.07) is 11.4. The van der Waals surface area contributed by atoms with E-state index in [0.717, 1.165) is 61.7 Å². The summed E-state index contributed by atoms with van der Waals surface area (Å²) < 4.78 is 16.7. The number of hydrogen-bond acceptors (Lipinski definition) is 8. The number of carbonyl (C=O) groups excluding carboxylic acids is 1. The summed E-state index contributed by atoms with van der Waals surface area (Å²) in [5.74, 6) is 1.45. The largest absolute Gasteiger partial charge is 0.497 e. The number of benzene rings is 1. The van der Waals surface area contributed by atoms with Gasteiger partial charge < -0.3 is 13.9 Å². The number of thiazole rings is 1. The molecule has 3 aromatic heterocycles. The Morgan fingerprint density at radius 1 is 1.21 bits per heavy atom. The molecule has 0 aliphatic carbocycles. The van der Waals surface area contributed by atoms with E-state index in [9.17, 15) is 4.79 Å². The molecule has 0 N–H and O–H groups in total. The van der Waals surface area contributed by atoms with Crippen LogP contribution in [0.1, 0.15) is 16.1 Å². The number of fused-ring (bicyclic) bond motifs is 1. The molecule has 0 unspecified atom stereocenters. The lowest BCUT2D eigenvalue weighted by molar-refractivity contribution is 0.0376. The number of rotatable bonds is 8. The summed E-state index contributed by atoms with van der Waals surface area (Å²) >= 11 is 2.92. The molecular weight excluding hydrogens is 458 g/mol. The van der Waals surface area contributed by atoms with Crippen LogP contribution in [0.25, 0.3) is 22.4 Å². The Hall–Kier alpha value is -2.72. The summed E-state index contributed by atoms with van der Waals surface area (Å²) in [5, 5.41) is 5.51. The number of aromatic nitrogens is 1. The number of thiophene rings is 1. The second-order valence-corrected chi connectivity index (χ2v) is 9.56. The van der Waals surface area contributed by atoms with Crippen LogP contribution in [0.15, 0.2) is 51.6 Å². The van der Waals surface area contributed by atoms with Crippen molar-refractivity contribution in [3.63, 3.8) is 0 Å². The van der Waals surface area contributed by atoms with Crippen LogP contribution in [0, 0.1) is 0 Å². The lowest BCUT2D eigenvalue weighted by Crippen LogP contribution is -2.39. The van der Waals surface area contributed by atoms with Crippen LogP contribution in [0.2, 0.25) is 0 Å². The standard InChI is InChI=1S/C24H25N3O4S2/c1-29-18-5-6-20-17(14-18)15-21(31-20)19-16-33-24(25-19)27(23(28)22-4-2-13-32-22)8-3-7-26-9-11-30-12-10-26/h2,4-6,13-16H,3,7-12H2,1H3. The Kier molecular flexibility index (Phi) is 6.73. The fourth-order valence-electron chi connectivity index (χ4n) is 3.87. The molecule has 0 atom stereocenters. The smallest absolute Gasteiger partial charge is 0.270 e. The van der Waals surface area contributed by atoms with Gasteiger partial charge in [-0.25, -0.2) is 4.98 Å². The third kappa shape index (κ3) is 4.96. The Morgan fingerprint density at radius 2 is 2.09 bits per heavy atom. The average molecular weight is 484 g/mol. The zero-order chi connectivity index (χ0) is 22.6. The second-order valence-electron chi connectivity index (χ2n) is 7.77. The van der Waals surface area contributed by atoms with Crippen molar-refractivity contribution < 1.29 is 18.7 Å². The first-order valence-corrected chi connectivity index (χ1v) is 12.7. The highest BCUT2D eigenvalue weighted by molar-refractivity contribution is 7.14. The molecule has 4 aromatic rings. The fraction of sp³-hybridized carbons (Fsp3) is 0.333. The van der Waals surface area contributed by atoms with Crippen LogP contribution in [-0.4, -0.2) is 62.3 Å². The van der Waals surface area contributed by atoms with Gasteiger partial charge in [0.1, 0.15) is 17.0 Å². The van der Waals surface area contributed by atoms with Gasteiger partial charge in [-0.15, -0.1) is 22.7 Å². The molecule has 1 amide bonds. The van der Waals surface area contributed by atoms with Gasteiger partial charge in [0, 0.05) is 36.9 Å². The average Bonchev–Trinajstić information content (AvgIpc) is 3.62. The molecule has 0 bridgehead atoms. The Balaban J connectivity index is 1.36. The number of carbonyl (C=O) groups is 1. The van der Waals surface area contributed by atoms with Crippen LogP contribution in [0.4, 0.5) is 5.13 Å². The van der Waals surface area contributed by atoms with E-state index in [4.69, 9.17) is 18.9 Å². The van der Waals surface area contributed by atoms with Crippen molar-refractivity contribution in [1.29, 1.82) is 0 Å². The van der Waals surface area contributed by atoms with E-state index in [1.54, 1.807) is 12.0 Å². The van der Waals surface area contributed by atoms with E-state index in [0.29, 0.717) is 22.3 Å². The minimum atomic E-state index is -0.0118. The van der Waals surface area contributed by atoms with Gasteiger partial charge >= 0.3 is 0 Å². The van der Waals surface area contributed by atoms with Crippen molar-refractivity contribution in [2.45, 2.75) is 6.42 Å². The zero-order valence-electron chi connectivity index (χ0n) is 18.4. The normalized spacial score (nSPS) is 14.6. The lowest BCUT2D eigenvalue weighted by Gasteiger charge is -2.27. The summed E-state index contributed by atoms with van der Waals surface area (Å²) in [5.41, 5.74) is 1.50. The molecular formula is C24H25N3O4S2. The van der Waals surface area contributed by atoms with Crippen molar-refractivity contribution in [2.24, 2.45) is 0 Å². The molecule has 0 saturated carbocycles. The third-order valence-electron chi connectivity index (χ3n) is 5.64. The Morgan fingerprint density at radius 3 is 2.88 bits per heavy atom. The SMILES string of the molecule is COc1ccc2oc(-c3csc(N(CCCN4CCOCC4)C(=O)c4cccs4)n3)cc2c1. The van der Waals surface area contributed by atoms with Gasteiger partial charge in [-0.3, -0.25) is 14.6 Å². The van der Waals surface area contributed by atoms with Crippen LogP contribution in [-0.2, 0) is 4.74 Å². The molecule has 0 radical (unpaired) electrons.